The topological polar surface area (TPSA) is 102 Å². The van der Waals surface area contributed by atoms with E-state index >= 15 is 0 Å². The van der Waals surface area contributed by atoms with Crippen LogP contribution in [0.15, 0.2) is 30.3 Å². The van der Waals surface area contributed by atoms with Crippen LogP contribution in [0.4, 0.5) is 0 Å². The molecule has 2 atom stereocenters. The van der Waals surface area contributed by atoms with E-state index in [4.69, 9.17) is 9.88 Å². The Labute approximate surface area is 117 Å². The number of rotatable bonds is 3. The minimum atomic E-state index is -3.77. The Hall–Kier alpha value is -1.48. The molecule has 0 spiro atoms. The van der Waals surface area contributed by atoms with Crippen LogP contribution in [0.25, 0.3) is 0 Å². The van der Waals surface area contributed by atoms with Gasteiger partial charge in [0.25, 0.3) is 5.91 Å². The van der Waals surface area contributed by atoms with Crippen molar-refractivity contribution in [1.29, 1.82) is 0 Å². The average Bonchev–Trinajstić information content (AvgIpc) is 2.45. The van der Waals surface area contributed by atoms with Crippen molar-refractivity contribution >= 4 is 15.9 Å². The number of carbonyl (C=O) groups is 1. The fourth-order valence-electron chi connectivity index (χ4n) is 2.09. The summed E-state index contributed by atoms with van der Waals surface area (Å²) in [5.74, 6) is -0.285. The van der Waals surface area contributed by atoms with Gasteiger partial charge in [-0.05, 0) is 12.1 Å². The van der Waals surface area contributed by atoms with E-state index in [9.17, 15) is 13.2 Å². The zero-order chi connectivity index (χ0) is 14.8. The molecule has 0 aliphatic carbocycles. The Morgan fingerprint density at radius 3 is 2.60 bits per heavy atom. The Bertz CT molecular complexity index is 576. The van der Waals surface area contributed by atoms with Crippen LogP contribution < -0.4 is 10.5 Å². The number of nitrogens with zero attached hydrogens (tertiary/aromatic N) is 1. The second-order valence-electron chi connectivity index (χ2n) is 4.50. The van der Waals surface area contributed by atoms with E-state index in [-0.39, 0.29) is 19.0 Å². The second kappa shape index (κ2) is 5.88. The quantitative estimate of drug-likeness (QED) is 0.770. The highest BCUT2D eigenvalue weighted by Crippen LogP contribution is 2.14. The van der Waals surface area contributed by atoms with E-state index in [0.29, 0.717) is 5.56 Å². The largest absolute Gasteiger partial charge is 0.360 e. The number of benzene rings is 1. The number of methoxy groups -OCH3 is 1. The van der Waals surface area contributed by atoms with Gasteiger partial charge in [-0.25, -0.2) is 13.6 Å². The average molecular weight is 299 g/mol. The number of nitrogens with one attached hydrogen (secondary N) is 1. The molecule has 2 rings (SSSR count). The fourth-order valence-corrected chi connectivity index (χ4v) is 2.79. The summed E-state index contributed by atoms with van der Waals surface area (Å²) in [4.78, 5) is 13.8. The van der Waals surface area contributed by atoms with Crippen LogP contribution in [0.5, 0.6) is 0 Å². The highest BCUT2D eigenvalue weighted by Gasteiger charge is 2.36. The first kappa shape index (κ1) is 14.9. The van der Waals surface area contributed by atoms with E-state index in [1.54, 1.807) is 30.3 Å². The number of ether oxygens (including phenoxy) is 1. The van der Waals surface area contributed by atoms with E-state index in [1.807, 2.05) is 0 Å². The lowest BCUT2D eigenvalue weighted by Gasteiger charge is -2.38. The second-order valence-corrected chi connectivity index (χ2v) is 6.25. The van der Waals surface area contributed by atoms with Gasteiger partial charge in [0.05, 0.1) is 6.54 Å². The standard InChI is InChI=1S/C12H17N3O4S/c1-19-11-7-14-10(20(13,17)18)8-15(11)12(16)9-5-3-2-4-6-9/h2-6,10-11,14H,7-8H2,1H3,(H2,13,17,18). The normalized spacial score (nSPS) is 23.6. The molecular weight excluding hydrogens is 282 g/mol. The van der Waals surface area contributed by atoms with Crippen LogP contribution in [0.2, 0.25) is 0 Å². The van der Waals surface area contributed by atoms with Crippen molar-refractivity contribution in [2.24, 2.45) is 5.14 Å². The molecule has 0 aromatic heterocycles. The van der Waals surface area contributed by atoms with Gasteiger partial charge in [-0.3, -0.25) is 10.1 Å². The van der Waals surface area contributed by atoms with Crippen molar-refractivity contribution in [3.05, 3.63) is 35.9 Å². The van der Waals surface area contributed by atoms with E-state index in [1.165, 1.54) is 12.0 Å². The molecule has 1 aromatic rings. The summed E-state index contributed by atoms with van der Waals surface area (Å²) in [6.07, 6.45) is -0.527. The molecule has 7 nitrogen and oxygen atoms in total. The smallest absolute Gasteiger partial charge is 0.256 e. The van der Waals surface area contributed by atoms with Gasteiger partial charge in [-0.2, -0.15) is 0 Å². The highest BCUT2D eigenvalue weighted by atomic mass is 32.2. The lowest BCUT2D eigenvalue weighted by atomic mass is 10.2. The van der Waals surface area contributed by atoms with Gasteiger partial charge in [0.15, 0.2) is 0 Å². The molecule has 110 valence electrons. The van der Waals surface area contributed by atoms with E-state index in [2.05, 4.69) is 5.32 Å². The number of hydrogen-bond acceptors (Lipinski definition) is 5. The summed E-state index contributed by atoms with van der Waals surface area (Å²) >= 11 is 0. The van der Waals surface area contributed by atoms with Gasteiger partial charge in [0, 0.05) is 19.2 Å². The molecule has 1 aliphatic rings. The number of sulfonamides is 1. The monoisotopic (exact) mass is 299 g/mol. The van der Waals surface area contributed by atoms with Crippen LogP contribution >= 0.6 is 0 Å². The van der Waals surface area contributed by atoms with Crippen molar-refractivity contribution < 1.29 is 17.9 Å². The third kappa shape index (κ3) is 3.15. The highest BCUT2D eigenvalue weighted by molar-refractivity contribution is 7.89. The van der Waals surface area contributed by atoms with Gasteiger partial charge in [0.1, 0.15) is 11.6 Å². The van der Waals surface area contributed by atoms with Crippen LogP contribution in [-0.2, 0) is 14.8 Å². The number of primary sulfonamides is 1. The minimum Gasteiger partial charge on any atom is -0.360 e. The zero-order valence-corrected chi connectivity index (χ0v) is 11.8. The van der Waals surface area contributed by atoms with Gasteiger partial charge >= 0.3 is 0 Å². The molecule has 2 unspecified atom stereocenters. The van der Waals surface area contributed by atoms with E-state index in [0.717, 1.165) is 0 Å². The summed E-state index contributed by atoms with van der Waals surface area (Å²) in [5.41, 5.74) is 0.476. The lowest BCUT2D eigenvalue weighted by molar-refractivity contribution is -0.0343. The predicted octanol–water partition coefficient (Wildman–Crippen LogP) is -0.681. The summed E-state index contributed by atoms with van der Waals surface area (Å²) in [6.45, 7) is 0.154. The maximum atomic E-state index is 12.4. The Kier molecular flexibility index (Phi) is 4.39. The predicted molar refractivity (Wildman–Crippen MR) is 73.2 cm³/mol. The summed E-state index contributed by atoms with van der Waals surface area (Å²) in [6, 6.07) is 8.63. The summed E-state index contributed by atoms with van der Waals surface area (Å²) in [7, 11) is -2.30. The van der Waals surface area contributed by atoms with Crippen molar-refractivity contribution in [2.45, 2.75) is 11.6 Å². The molecule has 1 fully saturated rings. The lowest BCUT2D eigenvalue weighted by Crippen LogP contribution is -2.62. The van der Waals surface area contributed by atoms with Crippen molar-refractivity contribution in [2.75, 3.05) is 20.2 Å². The Morgan fingerprint density at radius 2 is 2.05 bits per heavy atom. The van der Waals surface area contributed by atoms with Crippen LogP contribution in [0, 0.1) is 0 Å². The molecule has 1 heterocycles. The van der Waals surface area contributed by atoms with Crippen LogP contribution in [-0.4, -0.2) is 51.0 Å². The minimum absolute atomic E-state index is 0.0505. The molecule has 1 amide bonds. The zero-order valence-electron chi connectivity index (χ0n) is 11.0. The molecule has 0 bridgehead atoms. The first-order chi connectivity index (χ1) is 9.43. The number of amides is 1. The third-order valence-corrected chi connectivity index (χ3v) is 4.29. The fraction of sp³-hybridized carbons (Fsp3) is 0.417. The molecule has 1 aliphatic heterocycles. The summed E-state index contributed by atoms with van der Waals surface area (Å²) < 4.78 is 28.1. The molecule has 3 N–H and O–H groups in total. The number of hydrogen-bond donors (Lipinski definition) is 2. The number of nitrogens with two attached hydrogens (primary N) is 1. The SMILES string of the molecule is COC1CNC(S(N)(=O)=O)CN1C(=O)c1ccccc1. The molecule has 0 saturated carbocycles. The molecule has 20 heavy (non-hydrogen) atoms. The molecule has 8 heteroatoms. The van der Waals surface area contributed by atoms with Gasteiger partial charge in [-0.1, -0.05) is 18.2 Å². The van der Waals surface area contributed by atoms with Gasteiger partial charge in [0.2, 0.25) is 10.0 Å². The van der Waals surface area contributed by atoms with Crippen LogP contribution in [0.3, 0.4) is 0 Å². The number of piperazine rings is 1. The Balaban J connectivity index is 2.24. The molecule has 1 aromatic carbocycles. The van der Waals surface area contributed by atoms with Crippen LogP contribution in [0.1, 0.15) is 10.4 Å². The first-order valence-electron chi connectivity index (χ1n) is 6.07. The molecular formula is C12H17N3O4S. The molecule has 0 radical (unpaired) electrons. The maximum Gasteiger partial charge on any atom is 0.256 e. The third-order valence-electron chi connectivity index (χ3n) is 3.18. The Morgan fingerprint density at radius 1 is 1.40 bits per heavy atom. The molecule has 1 saturated heterocycles. The first-order valence-corrected chi connectivity index (χ1v) is 7.68. The van der Waals surface area contributed by atoms with Crippen molar-refractivity contribution in [1.82, 2.24) is 10.2 Å². The van der Waals surface area contributed by atoms with Gasteiger partial charge < -0.3 is 9.64 Å². The summed E-state index contributed by atoms with van der Waals surface area (Å²) in [5, 5.41) is 6.91. The van der Waals surface area contributed by atoms with E-state index < -0.39 is 21.6 Å². The van der Waals surface area contributed by atoms with Gasteiger partial charge in [-0.15, -0.1) is 0 Å². The maximum absolute atomic E-state index is 12.4. The van der Waals surface area contributed by atoms with Crippen molar-refractivity contribution in [3.8, 4) is 0 Å². The van der Waals surface area contributed by atoms with Crippen molar-refractivity contribution in [3.63, 3.8) is 0 Å². The number of carbonyl (C=O) groups excluding carboxylic acids is 1.